The Morgan fingerprint density at radius 2 is 1.70 bits per heavy atom. The Bertz CT molecular complexity index is 1200. The molecule has 1 aliphatic heterocycles. The second-order valence-corrected chi connectivity index (χ2v) is 19.1. The lowest BCUT2D eigenvalue weighted by Gasteiger charge is -2.41. The van der Waals surface area contributed by atoms with Gasteiger partial charge in [-0.25, -0.2) is 4.98 Å². The number of aryl methyl sites for hydroxylation is 1. The van der Waals surface area contributed by atoms with Crippen LogP contribution in [0, 0.1) is 18.8 Å². The van der Waals surface area contributed by atoms with E-state index in [1.807, 2.05) is 6.08 Å². The maximum absolute atomic E-state index is 13.3. The zero-order valence-electron chi connectivity index (χ0n) is 30.4. The van der Waals surface area contributed by atoms with Crippen LogP contribution in [0.2, 0.25) is 18.1 Å². The summed E-state index contributed by atoms with van der Waals surface area (Å²) >= 11 is 0. The summed E-state index contributed by atoms with van der Waals surface area (Å²) in [5, 5.41) is 0.0102. The molecule has 1 aliphatic rings. The van der Waals surface area contributed by atoms with Gasteiger partial charge in [0.15, 0.2) is 31.9 Å². The number of ketones is 1. The first-order valence-corrected chi connectivity index (χ1v) is 19.9. The van der Waals surface area contributed by atoms with Crippen molar-refractivity contribution in [2.45, 2.75) is 143 Å². The fraction of sp³-hybridized carbons (Fsp3) is 0.722. The van der Waals surface area contributed by atoms with E-state index in [1.165, 1.54) is 19.3 Å². The van der Waals surface area contributed by atoms with E-state index in [0.29, 0.717) is 63.3 Å². The third-order valence-corrected chi connectivity index (χ3v) is 13.6. The van der Waals surface area contributed by atoms with E-state index in [4.69, 9.17) is 27.8 Å². The Morgan fingerprint density at radius 3 is 2.23 bits per heavy atom. The molecular weight excluding hydrogens is 618 g/mol. The number of oxazole rings is 1. The molecule has 0 bridgehead atoms. The average Bonchev–Trinajstić information content (AvgIpc) is 3.60. The number of hydrogen-bond acceptors (Lipinski definition) is 10. The quantitative estimate of drug-likeness (QED) is 0.0581. The molecule has 1 aromatic rings. The van der Waals surface area contributed by atoms with Crippen LogP contribution in [0.5, 0.6) is 0 Å². The molecule has 5 atom stereocenters. The normalized spacial score (nSPS) is 18.3. The molecule has 0 radical (unpaired) electrons. The van der Waals surface area contributed by atoms with Gasteiger partial charge in [0, 0.05) is 39.0 Å². The summed E-state index contributed by atoms with van der Waals surface area (Å²) < 4.78 is 36.3. The second kappa shape index (κ2) is 18.2. The van der Waals surface area contributed by atoms with Gasteiger partial charge in [-0.3, -0.25) is 14.4 Å². The molecule has 1 saturated heterocycles. The minimum Gasteiger partial charge on any atom is -0.462 e. The van der Waals surface area contributed by atoms with Gasteiger partial charge in [-0.15, -0.1) is 6.58 Å². The van der Waals surface area contributed by atoms with Crippen LogP contribution >= 0.6 is 0 Å². The summed E-state index contributed by atoms with van der Waals surface area (Å²) in [7, 11) is -2.14. The fourth-order valence-corrected chi connectivity index (χ4v) is 6.92. The van der Waals surface area contributed by atoms with E-state index in [-0.39, 0.29) is 29.3 Å². The molecule has 0 unspecified atom stereocenters. The largest absolute Gasteiger partial charge is 0.462 e. The Kier molecular flexibility index (Phi) is 15.7. The lowest BCUT2D eigenvalue weighted by atomic mass is 9.93. The van der Waals surface area contributed by atoms with E-state index in [0.717, 1.165) is 0 Å². The molecule has 2 rings (SSSR count). The minimum atomic E-state index is -2.14. The van der Waals surface area contributed by atoms with Crippen molar-refractivity contribution in [1.29, 1.82) is 0 Å². The predicted molar refractivity (Wildman–Crippen MR) is 183 cm³/mol. The smallest absolute Gasteiger partial charge is 0.309 e. The van der Waals surface area contributed by atoms with Crippen LogP contribution in [0.15, 0.2) is 35.5 Å². The van der Waals surface area contributed by atoms with Gasteiger partial charge in [0.25, 0.3) is 0 Å². The molecule has 1 fully saturated rings. The highest BCUT2D eigenvalue weighted by molar-refractivity contribution is 6.74. The summed E-state index contributed by atoms with van der Waals surface area (Å²) in [5.74, 6) is -2.11. The van der Waals surface area contributed by atoms with Crippen molar-refractivity contribution in [2.24, 2.45) is 11.8 Å². The van der Waals surface area contributed by atoms with Crippen molar-refractivity contribution < 1.29 is 42.2 Å². The van der Waals surface area contributed by atoms with Gasteiger partial charge in [-0.2, -0.15) is 0 Å². The van der Waals surface area contributed by atoms with Crippen LogP contribution in [0.1, 0.15) is 111 Å². The lowest BCUT2D eigenvalue weighted by Crippen LogP contribution is -2.46. The highest BCUT2D eigenvalue weighted by Crippen LogP contribution is 2.40. The summed E-state index contributed by atoms with van der Waals surface area (Å²) in [4.78, 5) is 42.2. The van der Waals surface area contributed by atoms with Gasteiger partial charge in [0.05, 0.1) is 25.2 Å². The highest BCUT2D eigenvalue weighted by Gasteiger charge is 2.43. The molecule has 0 amide bonds. The SMILES string of the molecule is C=CCC1(C[C@@H](CCC[C@@H](C[C@H](OC(=O)[C@@H](C)C[C@H](C)C(=O)/C=C/C)c2coc(C)n2)OC(C)=O)O[Si](C)(C)C(C)(C)C)OCCO1. The van der Waals surface area contributed by atoms with E-state index in [1.54, 1.807) is 33.8 Å². The van der Waals surface area contributed by atoms with Crippen molar-refractivity contribution in [3.63, 3.8) is 0 Å². The fourth-order valence-electron chi connectivity index (χ4n) is 5.54. The standard InChI is InChI=1S/C36H59NO9Si/c1-12-15-32(39)25(3)21-26(4)34(40)45-33(31-24-41-27(5)37-31)22-29(44-28(6)38)16-14-17-30(46-47(10,11)35(7,8)9)23-36(18-13-2)42-19-20-43-36/h12-13,15,24-26,29-30,33H,2,14,16-23H2,1,3-11H3/b15-12+/t25-,26-,29-,30+,33-/m0/s1. The summed E-state index contributed by atoms with van der Waals surface area (Å²) in [6.45, 7) is 24.5. The van der Waals surface area contributed by atoms with Crippen molar-refractivity contribution in [3.05, 3.63) is 42.7 Å². The molecule has 0 aliphatic carbocycles. The van der Waals surface area contributed by atoms with Crippen LogP contribution in [0.3, 0.4) is 0 Å². The van der Waals surface area contributed by atoms with Gasteiger partial charge >= 0.3 is 11.9 Å². The van der Waals surface area contributed by atoms with E-state index >= 15 is 0 Å². The van der Waals surface area contributed by atoms with Crippen molar-refractivity contribution >= 4 is 26.0 Å². The molecule has 266 valence electrons. The molecule has 2 heterocycles. The molecule has 0 saturated carbocycles. The predicted octanol–water partition coefficient (Wildman–Crippen LogP) is 7.97. The Balaban J connectivity index is 2.22. The van der Waals surface area contributed by atoms with Gasteiger partial charge < -0.3 is 27.8 Å². The van der Waals surface area contributed by atoms with E-state index < -0.39 is 44.2 Å². The van der Waals surface area contributed by atoms with Crippen LogP contribution in [-0.4, -0.2) is 62.2 Å². The molecule has 11 heteroatoms. The Morgan fingerprint density at radius 1 is 1.06 bits per heavy atom. The highest BCUT2D eigenvalue weighted by atomic mass is 28.4. The number of hydrogen-bond donors (Lipinski definition) is 0. The molecular formula is C36H59NO9Si. The van der Waals surface area contributed by atoms with Crippen molar-refractivity contribution in [3.8, 4) is 0 Å². The lowest BCUT2D eigenvalue weighted by molar-refractivity contribution is -0.173. The number of carbonyl (C=O) groups excluding carboxylic acids is 3. The monoisotopic (exact) mass is 677 g/mol. The maximum atomic E-state index is 13.3. The number of ether oxygens (including phenoxy) is 4. The molecule has 0 spiro atoms. The number of carbonyl (C=O) groups is 3. The zero-order valence-corrected chi connectivity index (χ0v) is 31.4. The average molecular weight is 678 g/mol. The summed E-state index contributed by atoms with van der Waals surface area (Å²) in [6, 6.07) is 0. The first kappa shape index (κ1) is 40.6. The van der Waals surface area contributed by atoms with Crippen LogP contribution in [0.4, 0.5) is 0 Å². The van der Waals surface area contributed by atoms with Gasteiger partial charge in [0.1, 0.15) is 18.1 Å². The maximum Gasteiger partial charge on any atom is 0.309 e. The summed E-state index contributed by atoms with van der Waals surface area (Å²) in [6.07, 6.45) is 8.55. The number of rotatable bonds is 20. The Labute approximate surface area is 283 Å². The molecule has 0 N–H and O–H groups in total. The van der Waals surface area contributed by atoms with Gasteiger partial charge in [0.2, 0.25) is 0 Å². The summed E-state index contributed by atoms with van der Waals surface area (Å²) in [5.41, 5.74) is 0.444. The van der Waals surface area contributed by atoms with E-state index in [9.17, 15) is 14.4 Å². The Hall–Kier alpha value is -2.60. The van der Waals surface area contributed by atoms with E-state index in [2.05, 4.69) is 45.4 Å². The minimum absolute atomic E-state index is 0.0102. The van der Waals surface area contributed by atoms with Gasteiger partial charge in [-0.1, -0.05) is 46.8 Å². The van der Waals surface area contributed by atoms with Crippen molar-refractivity contribution in [2.75, 3.05) is 13.2 Å². The molecule has 0 aromatic carbocycles. The number of nitrogens with zero attached hydrogens (tertiary/aromatic N) is 1. The third-order valence-electron chi connectivity index (χ3n) is 9.09. The molecule has 47 heavy (non-hydrogen) atoms. The van der Waals surface area contributed by atoms with Crippen molar-refractivity contribution in [1.82, 2.24) is 4.98 Å². The topological polar surface area (TPSA) is 123 Å². The molecule has 10 nitrogen and oxygen atoms in total. The number of aromatic nitrogens is 1. The number of allylic oxidation sites excluding steroid dienone is 2. The van der Waals surface area contributed by atoms with Crippen LogP contribution < -0.4 is 0 Å². The second-order valence-electron chi connectivity index (χ2n) is 14.4. The third kappa shape index (κ3) is 13.1. The van der Waals surface area contributed by atoms with Crippen LogP contribution in [0.25, 0.3) is 0 Å². The first-order valence-electron chi connectivity index (χ1n) is 16.9. The number of esters is 2. The first-order chi connectivity index (χ1) is 21.9. The molecule has 1 aromatic heterocycles. The zero-order chi connectivity index (χ0) is 35.4. The van der Waals surface area contributed by atoms with Gasteiger partial charge in [-0.05, 0) is 56.8 Å². The van der Waals surface area contributed by atoms with Crippen LogP contribution in [-0.2, 0) is 37.8 Å².